The Hall–Kier alpha value is -1.57. The molecule has 19 heavy (non-hydrogen) atoms. The maximum atomic E-state index is 13.8. The molecule has 0 aliphatic rings. The fourth-order valence-electron chi connectivity index (χ4n) is 1.53. The molecule has 0 unspecified atom stereocenters. The number of ether oxygens (including phenoxy) is 1. The number of halogens is 2. The molecule has 0 spiro atoms. The Bertz CT molecular complexity index is 548. The maximum absolute atomic E-state index is 13.8. The third-order valence-corrected chi connectivity index (χ3v) is 2.67. The largest absolute Gasteiger partial charge is 0.383 e. The molecule has 1 aromatic carbocycles. The monoisotopic (exact) mass is 285 g/mol. The summed E-state index contributed by atoms with van der Waals surface area (Å²) in [4.78, 5) is 0. The zero-order valence-electron chi connectivity index (χ0n) is 10.3. The molecule has 102 valence electrons. The van der Waals surface area contributed by atoms with Crippen LogP contribution in [0.25, 0.3) is 5.69 Å². The van der Waals surface area contributed by atoms with E-state index in [2.05, 4.69) is 20.8 Å². The van der Waals surface area contributed by atoms with Gasteiger partial charge in [0.05, 0.1) is 13.2 Å². The number of hydrogen-bond acceptors (Lipinski definition) is 5. The van der Waals surface area contributed by atoms with Crippen molar-refractivity contribution in [2.24, 2.45) is 0 Å². The van der Waals surface area contributed by atoms with Crippen molar-refractivity contribution in [3.05, 3.63) is 34.9 Å². The molecule has 0 amide bonds. The van der Waals surface area contributed by atoms with Gasteiger partial charge in [0.15, 0.2) is 5.82 Å². The molecule has 1 aromatic heterocycles. The van der Waals surface area contributed by atoms with E-state index in [1.807, 2.05) is 0 Å². The normalized spacial score (nSPS) is 10.9. The number of nitrogens with one attached hydrogen (secondary N) is 1. The summed E-state index contributed by atoms with van der Waals surface area (Å²) in [7, 11) is 1.62. The molecule has 0 atom stereocenters. The molecule has 2 aromatic rings. The van der Waals surface area contributed by atoms with Crippen LogP contribution >= 0.6 is 11.6 Å². The third kappa shape index (κ3) is 3.46. The topological polar surface area (TPSA) is 64.9 Å². The standard InChI is InChI=1S/C11H13ClFN5O/c1-19-5-4-14-7-11-15-16-17-18(11)10-3-2-8(12)6-9(10)13/h2-3,6,14H,4-5,7H2,1H3. The van der Waals surface area contributed by atoms with Gasteiger partial charge in [-0.25, -0.2) is 4.39 Å². The summed E-state index contributed by atoms with van der Waals surface area (Å²) in [6, 6.07) is 4.34. The second-order valence-corrected chi connectivity index (χ2v) is 4.21. The highest BCUT2D eigenvalue weighted by atomic mass is 35.5. The summed E-state index contributed by atoms with van der Waals surface area (Å²) in [5.41, 5.74) is 0.262. The first kappa shape index (κ1) is 13.9. The first-order valence-corrected chi connectivity index (χ1v) is 6.02. The Morgan fingerprint density at radius 1 is 1.47 bits per heavy atom. The molecule has 0 saturated carbocycles. The van der Waals surface area contributed by atoms with Crippen LogP contribution in [0.3, 0.4) is 0 Å². The average Bonchev–Trinajstić information content (AvgIpc) is 2.83. The van der Waals surface area contributed by atoms with Crippen molar-refractivity contribution in [3.63, 3.8) is 0 Å². The van der Waals surface area contributed by atoms with Crippen LogP contribution in [0.4, 0.5) is 4.39 Å². The van der Waals surface area contributed by atoms with Crippen LogP contribution < -0.4 is 5.32 Å². The predicted octanol–water partition coefficient (Wildman–Crippen LogP) is 1.19. The second-order valence-electron chi connectivity index (χ2n) is 3.77. The number of aromatic nitrogens is 4. The molecule has 6 nitrogen and oxygen atoms in total. The minimum Gasteiger partial charge on any atom is -0.383 e. The van der Waals surface area contributed by atoms with E-state index >= 15 is 0 Å². The Labute approximate surface area is 114 Å². The van der Waals surface area contributed by atoms with E-state index in [0.717, 1.165) is 0 Å². The lowest BCUT2D eigenvalue weighted by atomic mass is 10.3. The first-order chi connectivity index (χ1) is 9.22. The van der Waals surface area contributed by atoms with Gasteiger partial charge in [-0.3, -0.25) is 0 Å². The first-order valence-electron chi connectivity index (χ1n) is 5.64. The highest BCUT2D eigenvalue weighted by Crippen LogP contribution is 2.18. The number of benzene rings is 1. The smallest absolute Gasteiger partial charge is 0.170 e. The quantitative estimate of drug-likeness (QED) is 0.808. The van der Waals surface area contributed by atoms with Crippen LogP contribution in [0.1, 0.15) is 5.82 Å². The summed E-state index contributed by atoms with van der Waals surface area (Å²) in [5, 5.41) is 14.6. The lowest BCUT2D eigenvalue weighted by molar-refractivity contribution is 0.199. The van der Waals surface area contributed by atoms with E-state index in [0.29, 0.717) is 30.5 Å². The Morgan fingerprint density at radius 3 is 3.05 bits per heavy atom. The molecule has 8 heteroatoms. The Balaban J connectivity index is 2.14. The zero-order chi connectivity index (χ0) is 13.7. The van der Waals surface area contributed by atoms with Gasteiger partial charge in [0.25, 0.3) is 0 Å². The van der Waals surface area contributed by atoms with Crippen LogP contribution in [0, 0.1) is 5.82 Å². The van der Waals surface area contributed by atoms with Gasteiger partial charge >= 0.3 is 0 Å². The van der Waals surface area contributed by atoms with Gasteiger partial charge in [0.1, 0.15) is 11.5 Å². The summed E-state index contributed by atoms with van der Waals surface area (Å²) in [6.45, 7) is 1.65. The molecule has 0 aliphatic carbocycles. The molecular weight excluding hydrogens is 273 g/mol. The van der Waals surface area contributed by atoms with Crippen molar-refractivity contribution < 1.29 is 9.13 Å². The van der Waals surface area contributed by atoms with Gasteiger partial charge in [-0.05, 0) is 28.6 Å². The molecule has 0 saturated heterocycles. The third-order valence-electron chi connectivity index (χ3n) is 2.44. The molecule has 2 rings (SSSR count). The van der Waals surface area contributed by atoms with E-state index in [1.165, 1.54) is 16.8 Å². The van der Waals surface area contributed by atoms with Crippen molar-refractivity contribution >= 4 is 11.6 Å². The lowest BCUT2D eigenvalue weighted by Gasteiger charge is -2.07. The van der Waals surface area contributed by atoms with Gasteiger partial charge in [-0.1, -0.05) is 11.6 Å². The number of rotatable bonds is 6. The summed E-state index contributed by atoms with van der Waals surface area (Å²) in [6.07, 6.45) is 0. The van der Waals surface area contributed by atoms with Crippen LogP contribution in [-0.4, -0.2) is 40.5 Å². The molecule has 1 N–H and O–H groups in total. The molecule has 1 heterocycles. The minimum atomic E-state index is -0.474. The number of hydrogen-bond donors (Lipinski definition) is 1. The van der Waals surface area contributed by atoms with Crippen LogP contribution in [0.5, 0.6) is 0 Å². The van der Waals surface area contributed by atoms with E-state index in [1.54, 1.807) is 13.2 Å². The fourth-order valence-corrected chi connectivity index (χ4v) is 1.69. The van der Waals surface area contributed by atoms with E-state index in [-0.39, 0.29) is 5.69 Å². The van der Waals surface area contributed by atoms with Crippen LogP contribution in [-0.2, 0) is 11.3 Å². The Kier molecular flexibility index (Phi) is 4.78. The molecule has 0 radical (unpaired) electrons. The van der Waals surface area contributed by atoms with Gasteiger partial charge in [-0.15, -0.1) is 5.10 Å². The number of methoxy groups -OCH3 is 1. The SMILES string of the molecule is COCCNCc1nnnn1-c1ccc(Cl)cc1F. The maximum Gasteiger partial charge on any atom is 0.170 e. The summed E-state index contributed by atoms with van der Waals surface area (Å²) < 4.78 is 20.0. The molecule has 0 aliphatic heterocycles. The average molecular weight is 286 g/mol. The van der Waals surface area contributed by atoms with E-state index in [9.17, 15) is 4.39 Å². The zero-order valence-corrected chi connectivity index (χ0v) is 11.1. The summed E-state index contributed by atoms with van der Waals surface area (Å²) >= 11 is 5.71. The molecule has 0 bridgehead atoms. The second kappa shape index (κ2) is 6.55. The highest BCUT2D eigenvalue weighted by molar-refractivity contribution is 6.30. The molecule has 0 fully saturated rings. The Morgan fingerprint density at radius 2 is 2.32 bits per heavy atom. The van der Waals surface area contributed by atoms with E-state index in [4.69, 9.17) is 16.3 Å². The number of tetrazole rings is 1. The van der Waals surface area contributed by atoms with E-state index < -0.39 is 5.82 Å². The van der Waals surface area contributed by atoms with Gasteiger partial charge in [0.2, 0.25) is 0 Å². The van der Waals surface area contributed by atoms with Crippen molar-refractivity contribution in [1.29, 1.82) is 0 Å². The van der Waals surface area contributed by atoms with Crippen molar-refractivity contribution in [3.8, 4) is 5.69 Å². The summed E-state index contributed by atoms with van der Waals surface area (Å²) in [5.74, 6) is 0.0373. The lowest BCUT2D eigenvalue weighted by Crippen LogP contribution is -2.21. The van der Waals surface area contributed by atoms with Gasteiger partial charge in [0, 0.05) is 18.7 Å². The minimum absolute atomic E-state index is 0.262. The highest BCUT2D eigenvalue weighted by Gasteiger charge is 2.12. The van der Waals surface area contributed by atoms with Crippen molar-refractivity contribution in [1.82, 2.24) is 25.5 Å². The van der Waals surface area contributed by atoms with Crippen molar-refractivity contribution in [2.45, 2.75) is 6.54 Å². The molecular formula is C11H13ClFN5O. The number of nitrogens with zero attached hydrogens (tertiary/aromatic N) is 4. The fraction of sp³-hybridized carbons (Fsp3) is 0.364. The van der Waals surface area contributed by atoms with Crippen LogP contribution in [0.15, 0.2) is 18.2 Å². The van der Waals surface area contributed by atoms with Crippen molar-refractivity contribution in [2.75, 3.05) is 20.3 Å². The van der Waals surface area contributed by atoms with Crippen LogP contribution in [0.2, 0.25) is 5.02 Å². The van der Waals surface area contributed by atoms with Gasteiger partial charge < -0.3 is 10.1 Å². The van der Waals surface area contributed by atoms with Gasteiger partial charge in [-0.2, -0.15) is 4.68 Å². The predicted molar refractivity (Wildman–Crippen MR) is 67.7 cm³/mol.